The minimum atomic E-state index is -0.268. The van der Waals surface area contributed by atoms with Crippen molar-refractivity contribution in [2.24, 2.45) is 0 Å². The zero-order valence-electron chi connectivity index (χ0n) is 14.6. The molecule has 0 radical (unpaired) electrons. The van der Waals surface area contributed by atoms with Crippen molar-refractivity contribution in [2.75, 3.05) is 16.8 Å². The number of carbonyl (C=O) groups is 1. The van der Waals surface area contributed by atoms with Crippen LogP contribution in [0.5, 0.6) is 5.75 Å². The summed E-state index contributed by atoms with van der Waals surface area (Å²) in [6.07, 6.45) is 1.51. The van der Waals surface area contributed by atoms with E-state index in [9.17, 15) is 4.79 Å². The Morgan fingerprint density at radius 2 is 1.89 bits per heavy atom. The zero-order valence-corrected chi connectivity index (χ0v) is 16.2. The van der Waals surface area contributed by atoms with Gasteiger partial charge >= 0.3 is 0 Å². The predicted molar refractivity (Wildman–Crippen MR) is 112 cm³/mol. The van der Waals surface area contributed by atoms with E-state index in [4.69, 9.17) is 9.15 Å². The lowest BCUT2D eigenvalue weighted by molar-refractivity contribution is 0.0993. The molecule has 1 aliphatic rings. The number of hydrogen-bond donors (Lipinski definition) is 1. The van der Waals surface area contributed by atoms with E-state index in [0.29, 0.717) is 4.58 Å². The topological polar surface area (TPSA) is 51.5 Å². The Morgan fingerprint density at radius 1 is 1.07 bits per heavy atom. The molecule has 1 aromatic heterocycles. The molecule has 1 amide bonds. The highest BCUT2D eigenvalue weighted by Gasteiger charge is 2.20. The standard InChI is InChI=1S/C21H19NO3S2/c23-20(22-17-6-4-5-15(13-17)21-26-11-12-27-21)19-16(9-10-24-19)14-25-18-7-2-1-3-8-18/h1-10,13,21H,11-12,14H2,(H,22,23). The molecule has 4 nitrogen and oxygen atoms in total. The molecule has 27 heavy (non-hydrogen) atoms. The van der Waals surface area contributed by atoms with Gasteiger partial charge in [0.15, 0.2) is 5.76 Å². The van der Waals surface area contributed by atoms with E-state index >= 15 is 0 Å². The molecule has 1 fully saturated rings. The molecular weight excluding hydrogens is 378 g/mol. The van der Waals surface area contributed by atoms with Gasteiger partial charge in [-0.05, 0) is 35.9 Å². The van der Waals surface area contributed by atoms with Crippen LogP contribution in [-0.2, 0) is 6.61 Å². The van der Waals surface area contributed by atoms with Crippen LogP contribution in [-0.4, -0.2) is 17.4 Å². The fourth-order valence-electron chi connectivity index (χ4n) is 2.83. The van der Waals surface area contributed by atoms with Crippen LogP contribution in [0.3, 0.4) is 0 Å². The maximum absolute atomic E-state index is 12.7. The number of para-hydroxylation sites is 1. The molecule has 6 heteroatoms. The van der Waals surface area contributed by atoms with Gasteiger partial charge in [0, 0.05) is 22.8 Å². The summed E-state index contributed by atoms with van der Waals surface area (Å²) in [6, 6.07) is 19.3. The van der Waals surface area contributed by atoms with Gasteiger partial charge in [0.2, 0.25) is 0 Å². The van der Waals surface area contributed by atoms with Crippen molar-refractivity contribution in [1.29, 1.82) is 0 Å². The molecule has 2 aromatic carbocycles. The Hall–Kier alpha value is -2.31. The lowest BCUT2D eigenvalue weighted by Crippen LogP contribution is -2.14. The van der Waals surface area contributed by atoms with Crippen molar-refractivity contribution in [2.45, 2.75) is 11.2 Å². The molecule has 138 valence electrons. The normalized spacial score (nSPS) is 14.2. The lowest BCUT2D eigenvalue weighted by Gasteiger charge is -2.11. The van der Waals surface area contributed by atoms with Crippen molar-refractivity contribution in [3.63, 3.8) is 0 Å². The highest BCUT2D eigenvalue weighted by molar-refractivity contribution is 8.19. The Morgan fingerprint density at radius 3 is 2.70 bits per heavy atom. The summed E-state index contributed by atoms with van der Waals surface area (Å²) in [4.78, 5) is 12.7. The van der Waals surface area contributed by atoms with E-state index in [2.05, 4.69) is 11.4 Å². The third kappa shape index (κ3) is 4.51. The van der Waals surface area contributed by atoms with Gasteiger partial charge in [0.25, 0.3) is 5.91 Å². The van der Waals surface area contributed by atoms with E-state index in [1.54, 1.807) is 6.07 Å². The van der Waals surface area contributed by atoms with Crippen LogP contribution in [0, 0.1) is 0 Å². The third-order valence-corrected chi connectivity index (χ3v) is 7.23. The van der Waals surface area contributed by atoms with E-state index in [1.807, 2.05) is 72.1 Å². The van der Waals surface area contributed by atoms with E-state index in [0.717, 1.165) is 17.0 Å². The minimum Gasteiger partial charge on any atom is -0.489 e. The van der Waals surface area contributed by atoms with Crippen molar-refractivity contribution in [3.8, 4) is 5.75 Å². The van der Waals surface area contributed by atoms with Crippen molar-refractivity contribution in [3.05, 3.63) is 83.8 Å². The maximum Gasteiger partial charge on any atom is 0.291 e. The first-order chi connectivity index (χ1) is 13.3. The Balaban J connectivity index is 1.43. The molecular formula is C21H19NO3S2. The van der Waals surface area contributed by atoms with Crippen LogP contribution < -0.4 is 10.1 Å². The van der Waals surface area contributed by atoms with E-state index < -0.39 is 0 Å². The van der Waals surface area contributed by atoms with Gasteiger partial charge in [0.05, 0.1) is 10.8 Å². The molecule has 0 aliphatic carbocycles. The molecule has 1 saturated heterocycles. The number of ether oxygens (including phenoxy) is 1. The van der Waals surface area contributed by atoms with Gasteiger partial charge in [-0.15, -0.1) is 23.5 Å². The summed E-state index contributed by atoms with van der Waals surface area (Å²) in [6.45, 7) is 0.276. The molecule has 0 atom stereocenters. The van der Waals surface area contributed by atoms with Crippen LogP contribution in [0.4, 0.5) is 5.69 Å². The highest BCUT2D eigenvalue weighted by atomic mass is 32.2. The van der Waals surface area contributed by atoms with Crippen LogP contribution in [0.25, 0.3) is 0 Å². The second-order valence-corrected chi connectivity index (χ2v) is 8.75. The fraction of sp³-hybridized carbons (Fsp3) is 0.190. The van der Waals surface area contributed by atoms with Gasteiger partial charge in [-0.1, -0.05) is 30.3 Å². The Bertz CT molecular complexity index is 905. The third-order valence-electron chi connectivity index (χ3n) is 4.13. The van der Waals surface area contributed by atoms with Crippen LogP contribution in [0.1, 0.15) is 26.3 Å². The summed E-state index contributed by atoms with van der Waals surface area (Å²) in [5.41, 5.74) is 2.72. The number of carbonyl (C=O) groups excluding carboxylic acids is 1. The van der Waals surface area contributed by atoms with Gasteiger partial charge in [-0.25, -0.2) is 0 Å². The summed E-state index contributed by atoms with van der Waals surface area (Å²) in [5.74, 6) is 3.10. The SMILES string of the molecule is O=C(Nc1cccc(C2SCCS2)c1)c1occc1COc1ccccc1. The number of rotatable bonds is 6. The lowest BCUT2D eigenvalue weighted by atomic mass is 10.2. The number of amides is 1. The predicted octanol–water partition coefficient (Wildman–Crippen LogP) is 5.59. The number of furan rings is 1. The fourth-order valence-corrected chi connectivity index (χ4v) is 5.67. The molecule has 0 spiro atoms. The molecule has 1 N–H and O–H groups in total. The van der Waals surface area contributed by atoms with Crippen LogP contribution in [0.15, 0.2) is 71.3 Å². The molecule has 1 aliphatic heterocycles. The number of thioether (sulfide) groups is 2. The highest BCUT2D eigenvalue weighted by Crippen LogP contribution is 2.45. The molecule has 4 rings (SSSR count). The van der Waals surface area contributed by atoms with Gasteiger partial charge in [0.1, 0.15) is 12.4 Å². The van der Waals surface area contributed by atoms with Gasteiger partial charge in [-0.2, -0.15) is 0 Å². The second kappa shape index (κ2) is 8.59. The van der Waals surface area contributed by atoms with Crippen molar-refractivity contribution >= 4 is 35.1 Å². The first kappa shape index (κ1) is 18.1. The summed E-state index contributed by atoms with van der Waals surface area (Å²) < 4.78 is 11.6. The smallest absolute Gasteiger partial charge is 0.291 e. The Kier molecular flexibility index (Phi) is 5.75. The molecule has 0 unspecified atom stereocenters. The number of anilines is 1. The first-order valence-electron chi connectivity index (χ1n) is 8.68. The van der Waals surface area contributed by atoms with Crippen LogP contribution >= 0.6 is 23.5 Å². The molecule has 0 bridgehead atoms. The number of benzene rings is 2. The van der Waals surface area contributed by atoms with E-state index in [-0.39, 0.29) is 18.3 Å². The van der Waals surface area contributed by atoms with Crippen LogP contribution in [0.2, 0.25) is 0 Å². The van der Waals surface area contributed by atoms with Gasteiger partial charge in [-0.3, -0.25) is 4.79 Å². The molecule has 3 aromatic rings. The largest absolute Gasteiger partial charge is 0.489 e. The van der Waals surface area contributed by atoms with Gasteiger partial charge < -0.3 is 14.5 Å². The van der Waals surface area contributed by atoms with Crippen molar-refractivity contribution in [1.82, 2.24) is 0 Å². The quantitative estimate of drug-likeness (QED) is 0.588. The zero-order chi connectivity index (χ0) is 18.5. The maximum atomic E-state index is 12.7. The van der Waals surface area contributed by atoms with E-state index in [1.165, 1.54) is 23.3 Å². The minimum absolute atomic E-state index is 0.268. The second-order valence-electron chi connectivity index (χ2n) is 6.03. The Labute approximate surface area is 166 Å². The molecule has 0 saturated carbocycles. The monoisotopic (exact) mass is 397 g/mol. The summed E-state index contributed by atoms with van der Waals surface area (Å²) in [7, 11) is 0. The number of nitrogens with one attached hydrogen (secondary N) is 1. The average Bonchev–Trinajstić information content (AvgIpc) is 3.39. The summed E-state index contributed by atoms with van der Waals surface area (Å²) >= 11 is 3.89. The summed E-state index contributed by atoms with van der Waals surface area (Å²) in [5, 5.41) is 2.94. The molecule has 2 heterocycles. The average molecular weight is 398 g/mol. The first-order valence-corrected chi connectivity index (χ1v) is 10.8. The number of hydrogen-bond acceptors (Lipinski definition) is 5. The van der Waals surface area contributed by atoms with Crippen molar-refractivity contribution < 1.29 is 13.9 Å².